The lowest BCUT2D eigenvalue weighted by Crippen LogP contribution is -2.27. The Morgan fingerprint density at radius 1 is 1.09 bits per heavy atom. The molecule has 1 fully saturated rings. The zero-order valence-electron chi connectivity index (χ0n) is 18.5. The van der Waals surface area contributed by atoms with Crippen molar-refractivity contribution in [2.45, 2.75) is 38.5 Å². The summed E-state index contributed by atoms with van der Waals surface area (Å²) in [7, 11) is 1.58. The summed E-state index contributed by atoms with van der Waals surface area (Å²) in [5, 5.41) is 1.57. The number of amides is 2. The van der Waals surface area contributed by atoms with E-state index in [0.717, 1.165) is 22.9 Å². The highest BCUT2D eigenvalue weighted by Crippen LogP contribution is 2.28. The van der Waals surface area contributed by atoms with Crippen molar-refractivity contribution in [2.24, 2.45) is 5.41 Å². The molecule has 1 unspecified atom stereocenters. The van der Waals surface area contributed by atoms with Crippen molar-refractivity contribution in [3.8, 4) is 11.5 Å². The molecule has 0 spiro atoms. The molecule has 0 aliphatic carbocycles. The molecule has 2 atom stereocenters. The second-order valence-electron chi connectivity index (χ2n) is 8.46. The van der Waals surface area contributed by atoms with E-state index < -0.39 is 16.8 Å². The highest BCUT2D eigenvalue weighted by molar-refractivity contribution is 8.15. The second kappa shape index (κ2) is 10.1. The molecule has 1 aliphatic heterocycles. The number of methoxy groups -OCH3 is 1. The first-order valence-electron chi connectivity index (χ1n) is 10.2. The third-order valence-electron chi connectivity index (χ3n) is 4.84. The fourth-order valence-electron chi connectivity index (χ4n) is 2.98. The highest BCUT2D eigenvalue weighted by atomic mass is 32.2. The van der Waals surface area contributed by atoms with Gasteiger partial charge >= 0.3 is 5.97 Å². The van der Waals surface area contributed by atoms with Crippen molar-refractivity contribution in [1.82, 2.24) is 5.32 Å². The molecule has 2 aromatic rings. The van der Waals surface area contributed by atoms with E-state index in [1.165, 1.54) is 0 Å². The van der Waals surface area contributed by atoms with Gasteiger partial charge in [-0.25, -0.2) is 0 Å². The summed E-state index contributed by atoms with van der Waals surface area (Å²) in [5.41, 5.74) is 1.04. The maximum Gasteiger partial charge on any atom is 0.311 e. The van der Waals surface area contributed by atoms with E-state index in [0.29, 0.717) is 17.9 Å². The Morgan fingerprint density at radius 2 is 1.81 bits per heavy atom. The minimum Gasteiger partial charge on any atom is -0.497 e. The molecule has 1 saturated heterocycles. The molecular formula is C24H27NO6S. The lowest BCUT2D eigenvalue weighted by atomic mass is 9.97. The fourth-order valence-corrected chi connectivity index (χ4v) is 3.84. The van der Waals surface area contributed by atoms with Crippen LogP contribution in [0.15, 0.2) is 48.5 Å². The van der Waals surface area contributed by atoms with Crippen molar-refractivity contribution in [1.29, 1.82) is 0 Å². The first-order valence-corrected chi connectivity index (χ1v) is 11.1. The fraction of sp³-hybridized carbons (Fsp3) is 0.375. The van der Waals surface area contributed by atoms with Gasteiger partial charge in [-0.05, 0) is 62.6 Å². The standard InChI is InChI=1S/C24H27NO6S/c1-24(2,3)22(27)31-19(16-6-5-7-18(13-16)29-4)14-30-17-10-8-15(9-11-17)12-20-21(26)25-23(28)32-20/h5-11,13,19-20H,12,14H2,1-4H3,(H,25,26,28)/t19-,20?/m0/s1. The highest BCUT2D eigenvalue weighted by Gasteiger charge is 2.31. The van der Waals surface area contributed by atoms with Crippen LogP contribution in [0.1, 0.15) is 38.0 Å². The summed E-state index contributed by atoms with van der Waals surface area (Å²) in [5.74, 6) is 0.678. The van der Waals surface area contributed by atoms with Crippen molar-refractivity contribution in [3.63, 3.8) is 0 Å². The summed E-state index contributed by atoms with van der Waals surface area (Å²) < 4.78 is 17.0. The van der Waals surface area contributed by atoms with E-state index in [2.05, 4.69) is 5.32 Å². The Balaban J connectivity index is 1.67. The molecule has 1 aliphatic rings. The van der Waals surface area contributed by atoms with Crippen molar-refractivity contribution >= 4 is 28.9 Å². The van der Waals surface area contributed by atoms with E-state index in [1.54, 1.807) is 40.0 Å². The number of esters is 1. The quantitative estimate of drug-likeness (QED) is 0.591. The first kappa shape index (κ1) is 23.7. The summed E-state index contributed by atoms with van der Waals surface area (Å²) in [6.45, 7) is 5.53. The molecule has 3 rings (SSSR count). The second-order valence-corrected chi connectivity index (χ2v) is 9.64. The van der Waals surface area contributed by atoms with Gasteiger partial charge in [0.15, 0.2) is 6.10 Å². The number of carbonyl (C=O) groups is 3. The van der Waals surface area contributed by atoms with Gasteiger partial charge in [0.2, 0.25) is 5.91 Å². The Bertz CT molecular complexity index is 983. The molecule has 1 heterocycles. The normalized spacial score (nSPS) is 16.9. The van der Waals surface area contributed by atoms with E-state index in [1.807, 2.05) is 36.4 Å². The molecule has 0 radical (unpaired) electrons. The molecule has 7 nitrogen and oxygen atoms in total. The van der Waals surface area contributed by atoms with Gasteiger partial charge in [-0.1, -0.05) is 36.0 Å². The van der Waals surface area contributed by atoms with Crippen LogP contribution in [0.5, 0.6) is 11.5 Å². The smallest absolute Gasteiger partial charge is 0.311 e. The number of nitrogens with one attached hydrogen (secondary N) is 1. The maximum absolute atomic E-state index is 12.5. The van der Waals surface area contributed by atoms with Crippen LogP contribution in [0.2, 0.25) is 0 Å². The van der Waals surface area contributed by atoms with E-state index in [-0.39, 0.29) is 23.7 Å². The van der Waals surface area contributed by atoms with E-state index in [4.69, 9.17) is 14.2 Å². The van der Waals surface area contributed by atoms with Crippen LogP contribution in [-0.2, 0) is 20.7 Å². The Labute approximate surface area is 191 Å². The van der Waals surface area contributed by atoms with Crippen molar-refractivity contribution < 1.29 is 28.6 Å². The number of carbonyl (C=O) groups excluding carboxylic acids is 3. The van der Waals surface area contributed by atoms with Crippen LogP contribution in [0.4, 0.5) is 4.79 Å². The summed E-state index contributed by atoms with van der Waals surface area (Å²) in [4.78, 5) is 35.6. The van der Waals surface area contributed by atoms with Crippen LogP contribution in [0, 0.1) is 5.41 Å². The molecule has 170 valence electrons. The van der Waals surface area contributed by atoms with E-state index in [9.17, 15) is 14.4 Å². The predicted octanol–water partition coefficient (Wildman–Crippen LogP) is 4.30. The van der Waals surface area contributed by atoms with Gasteiger partial charge in [0, 0.05) is 0 Å². The third-order valence-corrected chi connectivity index (χ3v) is 5.82. The summed E-state index contributed by atoms with van der Waals surface area (Å²) in [6, 6.07) is 14.6. The SMILES string of the molecule is COc1cccc([C@H](COc2ccc(CC3SC(=O)NC3=O)cc2)OC(=O)C(C)(C)C)c1. The molecule has 0 bridgehead atoms. The topological polar surface area (TPSA) is 90.9 Å². The lowest BCUT2D eigenvalue weighted by molar-refractivity contribution is -0.160. The van der Waals surface area contributed by atoms with Gasteiger partial charge in [-0.15, -0.1) is 0 Å². The van der Waals surface area contributed by atoms with Crippen LogP contribution >= 0.6 is 11.8 Å². The van der Waals surface area contributed by atoms with Crippen molar-refractivity contribution in [2.75, 3.05) is 13.7 Å². The monoisotopic (exact) mass is 457 g/mol. The molecule has 0 aromatic heterocycles. The lowest BCUT2D eigenvalue weighted by Gasteiger charge is -2.24. The number of rotatable bonds is 8. The van der Waals surface area contributed by atoms with Crippen LogP contribution in [-0.4, -0.2) is 36.1 Å². The average molecular weight is 458 g/mol. The molecule has 2 amide bonds. The number of thioether (sulfide) groups is 1. The number of ether oxygens (including phenoxy) is 3. The van der Waals surface area contributed by atoms with Crippen LogP contribution in [0.3, 0.4) is 0 Å². The van der Waals surface area contributed by atoms with Crippen LogP contribution < -0.4 is 14.8 Å². The molecule has 0 saturated carbocycles. The number of benzene rings is 2. The summed E-state index contributed by atoms with van der Waals surface area (Å²) in [6.07, 6.45) is -0.154. The molecule has 1 N–H and O–H groups in total. The van der Waals surface area contributed by atoms with Crippen molar-refractivity contribution in [3.05, 3.63) is 59.7 Å². The molecular weight excluding hydrogens is 430 g/mol. The molecule has 8 heteroatoms. The zero-order valence-corrected chi connectivity index (χ0v) is 19.4. The van der Waals surface area contributed by atoms with Gasteiger partial charge in [0.1, 0.15) is 18.1 Å². The van der Waals surface area contributed by atoms with Crippen LogP contribution in [0.25, 0.3) is 0 Å². The van der Waals surface area contributed by atoms with Gasteiger partial charge in [0.05, 0.1) is 17.8 Å². The van der Waals surface area contributed by atoms with Gasteiger partial charge < -0.3 is 14.2 Å². The minimum absolute atomic E-state index is 0.129. The Hall–Kier alpha value is -3.00. The Kier molecular flexibility index (Phi) is 7.45. The predicted molar refractivity (Wildman–Crippen MR) is 122 cm³/mol. The molecule has 2 aromatic carbocycles. The van der Waals surface area contributed by atoms with E-state index >= 15 is 0 Å². The maximum atomic E-state index is 12.5. The number of hydrogen-bond donors (Lipinski definition) is 1. The Morgan fingerprint density at radius 3 is 2.41 bits per heavy atom. The largest absolute Gasteiger partial charge is 0.497 e. The third kappa shape index (κ3) is 6.26. The van der Waals surface area contributed by atoms with Gasteiger partial charge in [-0.3, -0.25) is 19.7 Å². The minimum atomic E-state index is -0.648. The number of imide groups is 1. The first-order chi connectivity index (χ1) is 15.2. The zero-order chi connectivity index (χ0) is 23.3. The summed E-state index contributed by atoms with van der Waals surface area (Å²) >= 11 is 1.01. The van der Waals surface area contributed by atoms with Gasteiger partial charge in [0.25, 0.3) is 5.24 Å². The molecule has 32 heavy (non-hydrogen) atoms. The van der Waals surface area contributed by atoms with Gasteiger partial charge in [-0.2, -0.15) is 0 Å². The number of hydrogen-bond acceptors (Lipinski definition) is 7. The average Bonchev–Trinajstić information content (AvgIpc) is 3.07.